The van der Waals surface area contributed by atoms with Gasteiger partial charge >= 0.3 is 0 Å². The monoisotopic (exact) mass is 238 g/mol. The quantitative estimate of drug-likeness (QED) is 0.758. The Labute approximate surface area is 100 Å². The molecule has 0 aliphatic carbocycles. The highest BCUT2D eigenvalue weighted by molar-refractivity contribution is 5.76. The summed E-state index contributed by atoms with van der Waals surface area (Å²) in [6.45, 7) is 2.67. The van der Waals surface area contributed by atoms with E-state index in [-0.39, 0.29) is 11.9 Å². The van der Waals surface area contributed by atoms with Gasteiger partial charge in [0, 0.05) is 38.4 Å². The Kier molecular flexibility index (Phi) is 4.11. The van der Waals surface area contributed by atoms with Crippen LogP contribution in [0.25, 0.3) is 0 Å². The van der Waals surface area contributed by atoms with E-state index in [1.807, 2.05) is 0 Å². The van der Waals surface area contributed by atoms with Crippen LogP contribution in [0.5, 0.6) is 0 Å². The van der Waals surface area contributed by atoms with Crippen LogP contribution in [0.1, 0.15) is 12.2 Å². The number of nitrogens with one attached hydrogen (secondary N) is 2. The molecule has 1 aliphatic rings. The van der Waals surface area contributed by atoms with Crippen LogP contribution in [-0.2, 0) is 16.1 Å². The highest BCUT2D eigenvalue weighted by Crippen LogP contribution is 2.04. The van der Waals surface area contributed by atoms with E-state index in [9.17, 15) is 4.79 Å². The lowest BCUT2D eigenvalue weighted by Crippen LogP contribution is -2.44. The minimum Gasteiger partial charge on any atom is -0.378 e. The molecule has 17 heavy (non-hydrogen) atoms. The van der Waals surface area contributed by atoms with E-state index in [1.165, 1.54) is 0 Å². The topological polar surface area (TPSA) is 70.2 Å². The molecule has 2 heterocycles. The number of aromatic nitrogens is 2. The normalized spacial score (nSPS) is 20.2. The number of carbonyl (C=O) groups excluding carboxylic acids is 1. The predicted molar refractivity (Wildman–Crippen MR) is 62.3 cm³/mol. The molecule has 0 spiro atoms. The van der Waals surface area contributed by atoms with Gasteiger partial charge in [-0.1, -0.05) is 0 Å². The molecule has 1 aromatic rings. The maximum absolute atomic E-state index is 11.9. The van der Waals surface area contributed by atoms with Crippen LogP contribution in [0.2, 0.25) is 0 Å². The maximum atomic E-state index is 11.9. The van der Waals surface area contributed by atoms with E-state index in [4.69, 9.17) is 4.74 Å². The van der Waals surface area contributed by atoms with Crippen LogP contribution in [0.4, 0.5) is 0 Å². The third-order valence-corrected chi connectivity index (χ3v) is 2.79. The maximum Gasteiger partial charge on any atom is 0.224 e. The van der Waals surface area contributed by atoms with E-state index in [1.54, 1.807) is 24.3 Å². The summed E-state index contributed by atoms with van der Waals surface area (Å²) < 4.78 is 5.32. The van der Waals surface area contributed by atoms with Crippen molar-refractivity contribution < 1.29 is 9.53 Å². The Bertz CT molecular complexity index is 346. The van der Waals surface area contributed by atoms with Gasteiger partial charge in [0.15, 0.2) is 0 Å². The summed E-state index contributed by atoms with van der Waals surface area (Å²) in [5.74, 6) is 0.901. The van der Waals surface area contributed by atoms with Crippen molar-refractivity contribution >= 4 is 5.91 Å². The van der Waals surface area contributed by atoms with Gasteiger partial charge in [-0.15, -0.1) is 0 Å². The molecule has 1 atom stereocenters. The number of hydrogen-bond donors (Lipinski definition) is 2. The minimum absolute atomic E-state index is 0.101. The van der Waals surface area contributed by atoms with Crippen LogP contribution >= 0.6 is 0 Å². The molecule has 6 heteroatoms. The molecule has 0 saturated carbocycles. The third kappa shape index (κ3) is 3.54. The fraction of sp³-hybridized carbons (Fsp3) is 0.636. The average molecular weight is 238 g/mol. The smallest absolute Gasteiger partial charge is 0.224 e. The Morgan fingerprint density at radius 1 is 1.71 bits per heavy atom. The Morgan fingerprint density at radius 2 is 2.59 bits per heavy atom. The van der Waals surface area contributed by atoms with Crippen LogP contribution in [0, 0.1) is 0 Å². The highest BCUT2D eigenvalue weighted by atomic mass is 16.5. The van der Waals surface area contributed by atoms with Gasteiger partial charge in [0.2, 0.25) is 5.91 Å². The Balaban J connectivity index is 1.78. The van der Waals surface area contributed by atoms with Gasteiger partial charge in [0.1, 0.15) is 5.82 Å². The zero-order chi connectivity index (χ0) is 12.1. The summed E-state index contributed by atoms with van der Waals surface area (Å²) >= 11 is 0. The van der Waals surface area contributed by atoms with Gasteiger partial charge in [-0.25, -0.2) is 4.98 Å². The largest absolute Gasteiger partial charge is 0.378 e. The predicted octanol–water partition coefficient (Wildman–Crippen LogP) is -0.253. The first-order valence-electron chi connectivity index (χ1n) is 5.79. The molecule has 1 aliphatic heterocycles. The molecule has 1 unspecified atom stereocenters. The second-order valence-corrected chi connectivity index (χ2v) is 4.22. The fourth-order valence-corrected chi connectivity index (χ4v) is 1.81. The number of imidazole rings is 1. The SMILES string of the molecule is CN(Cc1ncc[nH]1)C(=O)CC1COCCN1. The lowest BCUT2D eigenvalue weighted by Gasteiger charge is -2.25. The van der Waals surface area contributed by atoms with Crippen molar-refractivity contribution in [1.82, 2.24) is 20.2 Å². The minimum atomic E-state index is 0.101. The van der Waals surface area contributed by atoms with E-state index in [0.717, 1.165) is 19.0 Å². The summed E-state index contributed by atoms with van der Waals surface area (Å²) in [4.78, 5) is 20.7. The first-order chi connectivity index (χ1) is 8.25. The van der Waals surface area contributed by atoms with Crippen molar-refractivity contribution in [2.24, 2.45) is 0 Å². The number of hydrogen-bond acceptors (Lipinski definition) is 4. The number of carbonyl (C=O) groups is 1. The molecule has 1 aromatic heterocycles. The van der Waals surface area contributed by atoms with Crippen molar-refractivity contribution in [1.29, 1.82) is 0 Å². The molecule has 0 bridgehead atoms. The van der Waals surface area contributed by atoms with Gasteiger partial charge < -0.3 is 19.9 Å². The van der Waals surface area contributed by atoms with Gasteiger partial charge in [-0.2, -0.15) is 0 Å². The number of amides is 1. The van der Waals surface area contributed by atoms with Crippen molar-refractivity contribution in [2.45, 2.75) is 19.0 Å². The number of morpholine rings is 1. The van der Waals surface area contributed by atoms with Crippen molar-refractivity contribution in [2.75, 3.05) is 26.8 Å². The highest BCUT2D eigenvalue weighted by Gasteiger charge is 2.19. The lowest BCUT2D eigenvalue weighted by atomic mass is 10.2. The van der Waals surface area contributed by atoms with Crippen molar-refractivity contribution in [3.63, 3.8) is 0 Å². The number of nitrogens with zero attached hydrogens (tertiary/aromatic N) is 2. The molecule has 1 saturated heterocycles. The van der Waals surface area contributed by atoms with E-state index in [2.05, 4.69) is 15.3 Å². The molecular formula is C11H18N4O2. The first kappa shape index (κ1) is 12.1. The molecule has 0 aromatic carbocycles. The van der Waals surface area contributed by atoms with Crippen LogP contribution in [0.15, 0.2) is 12.4 Å². The van der Waals surface area contributed by atoms with Crippen LogP contribution in [-0.4, -0.2) is 53.6 Å². The molecule has 1 fully saturated rings. The molecule has 6 nitrogen and oxygen atoms in total. The number of rotatable bonds is 4. The summed E-state index contributed by atoms with van der Waals surface area (Å²) in [7, 11) is 1.79. The molecule has 0 radical (unpaired) electrons. The Morgan fingerprint density at radius 3 is 3.24 bits per heavy atom. The zero-order valence-electron chi connectivity index (χ0n) is 9.98. The molecule has 1 amide bonds. The van der Waals surface area contributed by atoms with Crippen LogP contribution in [0.3, 0.4) is 0 Å². The van der Waals surface area contributed by atoms with Gasteiger partial charge in [0.25, 0.3) is 0 Å². The zero-order valence-corrected chi connectivity index (χ0v) is 9.98. The van der Waals surface area contributed by atoms with Crippen LogP contribution < -0.4 is 5.32 Å². The summed E-state index contributed by atoms with van der Waals surface area (Å²) in [6.07, 6.45) is 3.91. The molecular weight excluding hydrogens is 220 g/mol. The standard InChI is InChI=1S/C11H18N4O2/c1-15(7-10-13-2-3-14-10)11(16)6-9-8-17-5-4-12-9/h2-3,9,12H,4-8H2,1H3,(H,13,14). The second kappa shape index (κ2) is 5.79. The third-order valence-electron chi connectivity index (χ3n) is 2.79. The van der Waals surface area contributed by atoms with E-state index in [0.29, 0.717) is 19.6 Å². The van der Waals surface area contributed by atoms with E-state index < -0.39 is 0 Å². The van der Waals surface area contributed by atoms with E-state index >= 15 is 0 Å². The Hall–Kier alpha value is -1.40. The van der Waals surface area contributed by atoms with Gasteiger partial charge in [0.05, 0.1) is 19.8 Å². The number of ether oxygens (including phenoxy) is 1. The summed E-state index contributed by atoms with van der Waals surface area (Å²) in [5.41, 5.74) is 0. The second-order valence-electron chi connectivity index (χ2n) is 4.22. The fourth-order valence-electron chi connectivity index (χ4n) is 1.81. The average Bonchev–Trinajstić information content (AvgIpc) is 2.83. The van der Waals surface area contributed by atoms with Crippen molar-refractivity contribution in [3.05, 3.63) is 18.2 Å². The first-order valence-corrected chi connectivity index (χ1v) is 5.79. The van der Waals surface area contributed by atoms with Crippen molar-refractivity contribution in [3.8, 4) is 0 Å². The van der Waals surface area contributed by atoms with Gasteiger partial charge in [-0.3, -0.25) is 4.79 Å². The molecule has 2 rings (SSSR count). The lowest BCUT2D eigenvalue weighted by molar-refractivity contribution is -0.131. The van der Waals surface area contributed by atoms with Gasteiger partial charge in [-0.05, 0) is 0 Å². The molecule has 2 N–H and O–H groups in total. The number of H-pyrrole nitrogens is 1. The number of aromatic amines is 1. The molecule has 94 valence electrons. The summed E-state index contributed by atoms with van der Waals surface area (Å²) in [5, 5.41) is 3.27. The summed E-state index contributed by atoms with van der Waals surface area (Å²) in [6, 6.07) is 0.135.